The van der Waals surface area contributed by atoms with Crippen molar-refractivity contribution in [3.8, 4) is 0 Å². The van der Waals surface area contributed by atoms with E-state index in [1.54, 1.807) is 0 Å². The van der Waals surface area contributed by atoms with E-state index >= 15 is 0 Å². The third-order valence-electron chi connectivity index (χ3n) is 1.15. The fourth-order valence-electron chi connectivity index (χ4n) is 0.640. The predicted molar refractivity (Wildman–Crippen MR) is 44.9 cm³/mol. The van der Waals surface area contributed by atoms with Gasteiger partial charge >= 0.3 is 0 Å². The Morgan fingerprint density at radius 1 is 1.80 bits per heavy atom. The van der Waals surface area contributed by atoms with Gasteiger partial charge in [-0.15, -0.1) is 11.3 Å². The lowest BCUT2D eigenvalue weighted by molar-refractivity contribution is 0.440. The van der Waals surface area contributed by atoms with E-state index in [0.29, 0.717) is 0 Å². The third kappa shape index (κ3) is 1.56. The summed E-state index contributed by atoms with van der Waals surface area (Å²) in [7, 11) is 0. The molecule has 0 aliphatic rings. The highest BCUT2D eigenvalue weighted by molar-refractivity contribution is 9.10. The first kappa shape index (κ1) is 8.17. The first-order valence-electron chi connectivity index (χ1n) is 2.80. The van der Waals surface area contributed by atoms with Gasteiger partial charge in [-0.05, 0) is 27.4 Å². The largest absolute Gasteiger partial charge is 0.321 e. The van der Waals surface area contributed by atoms with E-state index in [2.05, 4.69) is 15.9 Å². The van der Waals surface area contributed by atoms with Crippen LogP contribution in [0.5, 0.6) is 0 Å². The molecule has 56 valence electrons. The summed E-state index contributed by atoms with van der Waals surface area (Å²) in [5.41, 5.74) is 5.44. The third-order valence-corrected chi connectivity index (χ3v) is 3.15. The summed E-state index contributed by atoms with van der Waals surface area (Å²) in [6, 6.07) is 1.41. The Morgan fingerprint density at radius 2 is 2.50 bits per heavy atom. The highest BCUT2D eigenvalue weighted by Gasteiger charge is 2.09. The molecule has 0 aliphatic heterocycles. The summed E-state index contributed by atoms with van der Waals surface area (Å²) in [6.45, 7) is -0.501. The number of nitrogens with two attached hydrogens (primary N) is 1. The first-order chi connectivity index (χ1) is 4.75. The van der Waals surface area contributed by atoms with Gasteiger partial charge in [0, 0.05) is 9.35 Å². The van der Waals surface area contributed by atoms with Gasteiger partial charge in [-0.3, -0.25) is 0 Å². The van der Waals surface area contributed by atoms with E-state index in [4.69, 9.17) is 5.73 Å². The SMILES string of the molecule is N[C@H](CF)c1sccc1Br. The topological polar surface area (TPSA) is 26.0 Å². The highest BCUT2D eigenvalue weighted by atomic mass is 79.9. The Hall–Kier alpha value is 0.0700. The smallest absolute Gasteiger partial charge is 0.109 e. The lowest BCUT2D eigenvalue weighted by Gasteiger charge is -2.02. The molecular weight excluding hydrogens is 217 g/mol. The molecule has 0 saturated carbocycles. The van der Waals surface area contributed by atoms with E-state index in [9.17, 15) is 4.39 Å². The van der Waals surface area contributed by atoms with Crippen LogP contribution in [0, 0.1) is 0 Å². The maximum atomic E-state index is 12.0. The molecule has 0 amide bonds. The number of thiophene rings is 1. The molecule has 1 aromatic rings. The minimum atomic E-state index is -0.501. The second-order valence-electron chi connectivity index (χ2n) is 1.89. The zero-order valence-electron chi connectivity index (χ0n) is 5.18. The lowest BCUT2D eigenvalue weighted by atomic mass is 10.3. The van der Waals surface area contributed by atoms with Crippen molar-refractivity contribution < 1.29 is 4.39 Å². The molecule has 0 spiro atoms. The van der Waals surface area contributed by atoms with Gasteiger partial charge in [-0.2, -0.15) is 0 Å². The molecule has 1 nitrogen and oxygen atoms in total. The van der Waals surface area contributed by atoms with Crippen LogP contribution < -0.4 is 5.73 Å². The molecule has 4 heteroatoms. The van der Waals surface area contributed by atoms with Crippen LogP contribution in [-0.2, 0) is 0 Å². The second-order valence-corrected chi connectivity index (χ2v) is 3.70. The van der Waals surface area contributed by atoms with E-state index in [0.717, 1.165) is 9.35 Å². The molecule has 0 saturated heterocycles. The fourth-order valence-corrected chi connectivity index (χ4v) is 2.29. The van der Waals surface area contributed by atoms with Crippen molar-refractivity contribution in [2.24, 2.45) is 5.73 Å². The average Bonchev–Trinajstić information content (AvgIpc) is 2.34. The molecule has 1 atom stereocenters. The number of hydrogen-bond acceptors (Lipinski definition) is 2. The Morgan fingerprint density at radius 3 is 2.90 bits per heavy atom. The van der Waals surface area contributed by atoms with E-state index < -0.39 is 12.7 Å². The Balaban J connectivity index is 2.82. The summed E-state index contributed by atoms with van der Waals surface area (Å²) in [6.07, 6.45) is 0. The van der Waals surface area contributed by atoms with Crippen molar-refractivity contribution in [1.29, 1.82) is 0 Å². The predicted octanol–water partition coefficient (Wildman–Crippen LogP) is 2.48. The van der Waals surface area contributed by atoms with Gasteiger partial charge in [0.25, 0.3) is 0 Å². The Labute approximate surface area is 71.2 Å². The molecule has 0 unspecified atom stereocenters. The van der Waals surface area contributed by atoms with Gasteiger partial charge in [0.15, 0.2) is 0 Å². The van der Waals surface area contributed by atoms with Crippen LogP contribution in [0.3, 0.4) is 0 Å². The van der Waals surface area contributed by atoms with Crippen LogP contribution in [0.1, 0.15) is 10.9 Å². The van der Waals surface area contributed by atoms with Gasteiger partial charge in [0.2, 0.25) is 0 Å². The van der Waals surface area contributed by atoms with Crippen molar-refractivity contribution in [2.45, 2.75) is 6.04 Å². The zero-order chi connectivity index (χ0) is 7.56. The van der Waals surface area contributed by atoms with Crippen molar-refractivity contribution >= 4 is 27.3 Å². The van der Waals surface area contributed by atoms with E-state index in [1.165, 1.54) is 11.3 Å². The average molecular weight is 224 g/mol. The van der Waals surface area contributed by atoms with Gasteiger partial charge in [-0.25, -0.2) is 4.39 Å². The molecule has 1 heterocycles. The summed E-state index contributed by atoms with van der Waals surface area (Å²) >= 11 is 4.74. The molecule has 0 radical (unpaired) electrons. The minimum absolute atomic E-state index is 0.464. The standard InChI is InChI=1S/C6H7BrFNS/c7-4-1-2-10-6(4)5(9)3-8/h1-2,5H,3,9H2/t5-/m1/s1. The summed E-state index contributed by atoms with van der Waals surface area (Å²) < 4.78 is 12.9. The summed E-state index contributed by atoms with van der Waals surface area (Å²) in [5.74, 6) is 0. The van der Waals surface area contributed by atoms with E-state index in [-0.39, 0.29) is 0 Å². The van der Waals surface area contributed by atoms with Gasteiger partial charge < -0.3 is 5.73 Å². The Bertz CT molecular complexity index is 213. The van der Waals surface area contributed by atoms with E-state index in [1.807, 2.05) is 11.4 Å². The number of alkyl halides is 1. The Kier molecular flexibility index (Phi) is 2.82. The molecule has 0 bridgehead atoms. The minimum Gasteiger partial charge on any atom is -0.321 e. The van der Waals surface area contributed by atoms with Gasteiger partial charge in [0.1, 0.15) is 6.67 Å². The van der Waals surface area contributed by atoms with Crippen LogP contribution in [-0.4, -0.2) is 6.67 Å². The van der Waals surface area contributed by atoms with Crippen LogP contribution in [0.25, 0.3) is 0 Å². The molecule has 1 aromatic heterocycles. The second kappa shape index (κ2) is 3.46. The van der Waals surface area contributed by atoms with Crippen LogP contribution in [0.2, 0.25) is 0 Å². The van der Waals surface area contributed by atoms with Crippen molar-refractivity contribution in [1.82, 2.24) is 0 Å². The maximum Gasteiger partial charge on any atom is 0.109 e. The molecular formula is C6H7BrFNS. The lowest BCUT2D eigenvalue weighted by Crippen LogP contribution is -2.10. The number of hydrogen-bond donors (Lipinski definition) is 1. The van der Waals surface area contributed by atoms with Gasteiger partial charge in [-0.1, -0.05) is 0 Å². The maximum absolute atomic E-state index is 12.0. The quantitative estimate of drug-likeness (QED) is 0.820. The first-order valence-corrected chi connectivity index (χ1v) is 4.47. The zero-order valence-corrected chi connectivity index (χ0v) is 7.58. The van der Waals surface area contributed by atoms with Crippen molar-refractivity contribution in [3.05, 3.63) is 20.8 Å². The fraction of sp³-hybridized carbons (Fsp3) is 0.333. The molecule has 0 aliphatic carbocycles. The van der Waals surface area contributed by atoms with Crippen LogP contribution >= 0.6 is 27.3 Å². The van der Waals surface area contributed by atoms with Gasteiger partial charge in [0.05, 0.1) is 6.04 Å². The van der Waals surface area contributed by atoms with Crippen molar-refractivity contribution in [3.63, 3.8) is 0 Å². The normalized spacial score (nSPS) is 13.5. The molecule has 10 heavy (non-hydrogen) atoms. The van der Waals surface area contributed by atoms with Crippen LogP contribution in [0.15, 0.2) is 15.9 Å². The van der Waals surface area contributed by atoms with Crippen LogP contribution in [0.4, 0.5) is 4.39 Å². The summed E-state index contributed by atoms with van der Waals surface area (Å²) in [5, 5.41) is 1.88. The summed E-state index contributed by atoms with van der Waals surface area (Å²) in [4.78, 5) is 0.877. The number of halogens is 2. The van der Waals surface area contributed by atoms with Crippen molar-refractivity contribution in [2.75, 3.05) is 6.67 Å². The molecule has 0 aromatic carbocycles. The molecule has 0 fully saturated rings. The monoisotopic (exact) mass is 223 g/mol. The molecule has 1 rings (SSSR count). The number of rotatable bonds is 2. The molecule has 2 N–H and O–H groups in total. The highest BCUT2D eigenvalue weighted by Crippen LogP contribution is 2.27.